The minimum Gasteiger partial charge on any atom is -0.481 e. The number of carbonyl (C=O) groups excluding carboxylic acids is 1. The predicted octanol–water partition coefficient (Wildman–Crippen LogP) is 0.405. The fourth-order valence-corrected chi connectivity index (χ4v) is 1.84. The van der Waals surface area contributed by atoms with E-state index in [4.69, 9.17) is 5.11 Å². The molecule has 0 aromatic carbocycles. The van der Waals surface area contributed by atoms with Crippen LogP contribution in [0.15, 0.2) is 0 Å². The molecule has 1 rings (SSSR count). The highest BCUT2D eigenvalue weighted by Gasteiger charge is 2.17. The van der Waals surface area contributed by atoms with Crippen molar-refractivity contribution < 1.29 is 14.7 Å². The van der Waals surface area contributed by atoms with Crippen molar-refractivity contribution >= 4 is 11.9 Å². The van der Waals surface area contributed by atoms with Crippen LogP contribution < -0.4 is 0 Å². The van der Waals surface area contributed by atoms with Gasteiger partial charge in [0.1, 0.15) is 0 Å². The van der Waals surface area contributed by atoms with E-state index in [1.165, 1.54) is 6.42 Å². The number of nitrogens with zero attached hydrogens (tertiary/aromatic N) is 2. The van der Waals surface area contributed by atoms with Gasteiger partial charge in [0.25, 0.3) is 0 Å². The Labute approximate surface area is 96.0 Å². The average molecular weight is 228 g/mol. The van der Waals surface area contributed by atoms with Gasteiger partial charge in [0.2, 0.25) is 5.91 Å². The van der Waals surface area contributed by atoms with Crippen molar-refractivity contribution in [2.75, 3.05) is 33.2 Å². The van der Waals surface area contributed by atoms with Crippen LogP contribution in [0.3, 0.4) is 0 Å². The summed E-state index contributed by atoms with van der Waals surface area (Å²) in [7, 11) is 1.78. The Balaban J connectivity index is 2.23. The Kier molecular flexibility index (Phi) is 5.25. The van der Waals surface area contributed by atoms with Crippen LogP contribution in [0.2, 0.25) is 0 Å². The fourth-order valence-electron chi connectivity index (χ4n) is 1.84. The maximum atomic E-state index is 11.8. The molecule has 1 N–H and O–H groups in total. The Hall–Kier alpha value is -1.10. The van der Waals surface area contributed by atoms with Gasteiger partial charge in [-0.25, -0.2) is 0 Å². The Bertz CT molecular complexity index is 250. The van der Waals surface area contributed by atoms with E-state index in [1.807, 2.05) is 4.90 Å². The molecule has 0 atom stereocenters. The largest absolute Gasteiger partial charge is 0.481 e. The molecule has 16 heavy (non-hydrogen) atoms. The second kappa shape index (κ2) is 6.48. The molecule has 0 bridgehead atoms. The maximum Gasteiger partial charge on any atom is 0.304 e. The summed E-state index contributed by atoms with van der Waals surface area (Å²) in [6, 6.07) is 0. The van der Waals surface area contributed by atoms with E-state index in [0.717, 1.165) is 25.9 Å². The van der Waals surface area contributed by atoms with Crippen molar-refractivity contribution in [3.63, 3.8) is 0 Å². The molecule has 1 saturated heterocycles. The zero-order valence-corrected chi connectivity index (χ0v) is 9.81. The normalized spacial score (nSPS) is 16.5. The van der Waals surface area contributed by atoms with Crippen LogP contribution in [0.25, 0.3) is 0 Å². The molecule has 0 unspecified atom stereocenters. The van der Waals surface area contributed by atoms with Crippen LogP contribution in [0.5, 0.6) is 0 Å². The summed E-state index contributed by atoms with van der Waals surface area (Å²) in [6.07, 6.45) is 3.47. The van der Waals surface area contributed by atoms with E-state index in [2.05, 4.69) is 0 Å². The number of carboxylic acids is 1. The fraction of sp³-hybridized carbons (Fsp3) is 0.818. The second-order valence-electron chi connectivity index (χ2n) is 4.32. The number of piperidine rings is 1. The van der Waals surface area contributed by atoms with Gasteiger partial charge in [-0.05, 0) is 26.3 Å². The lowest BCUT2D eigenvalue weighted by Gasteiger charge is -2.28. The number of likely N-dealkylation sites (N-methyl/N-ethyl adjacent to an activating group) is 1. The van der Waals surface area contributed by atoms with E-state index < -0.39 is 5.97 Å². The lowest BCUT2D eigenvalue weighted by molar-refractivity contribution is -0.138. The third-order valence-corrected chi connectivity index (χ3v) is 2.82. The molecule has 1 aliphatic rings. The summed E-state index contributed by atoms with van der Waals surface area (Å²) >= 11 is 0. The zero-order chi connectivity index (χ0) is 12.0. The Morgan fingerprint density at radius 1 is 1.25 bits per heavy atom. The molecule has 1 fully saturated rings. The standard InChI is InChI=1S/C11H20N2O3/c1-12(8-5-11(15)16)9-10(14)13-6-3-2-4-7-13/h2-9H2,1H3,(H,15,16). The summed E-state index contributed by atoms with van der Waals surface area (Å²) in [5.41, 5.74) is 0. The Morgan fingerprint density at radius 2 is 1.88 bits per heavy atom. The molecule has 5 heteroatoms. The van der Waals surface area contributed by atoms with E-state index in [0.29, 0.717) is 13.1 Å². The van der Waals surface area contributed by atoms with Crippen LogP contribution in [0, 0.1) is 0 Å². The topological polar surface area (TPSA) is 60.9 Å². The molecule has 92 valence electrons. The maximum absolute atomic E-state index is 11.8. The highest BCUT2D eigenvalue weighted by Crippen LogP contribution is 2.08. The van der Waals surface area contributed by atoms with Gasteiger partial charge >= 0.3 is 5.97 Å². The lowest BCUT2D eigenvalue weighted by Crippen LogP contribution is -2.42. The molecule has 0 spiro atoms. The first-order valence-electron chi connectivity index (χ1n) is 5.77. The number of aliphatic carboxylic acids is 1. The van der Waals surface area contributed by atoms with Crippen molar-refractivity contribution in [3.05, 3.63) is 0 Å². The quantitative estimate of drug-likeness (QED) is 0.740. The molecular formula is C11H20N2O3. The first-order valence-corrected chi connectivity index (χ1v) is 5.77. The number of likely N-dealkylation sites (tertiary alicyclic amines) is 1. The van der Waals surface area contributed by atoms with Crippen LogP contribution in [0.1, 0.15) is 25.7 Å². The first-order chi connectivity index (χ1) is 7.59. The van der Waals surface area contributed by atoms with Crippen LogP contribution in [-0.2, 0) is 9.59 Å². The monoisotopic (exact) mass is 228 g/mol. The van der Waals surface area contributed by atoms with Gasteiger partial charge in [0, 0.05) is 19.6 Å². The number of hydrogen-bond acceptors (Lipinski definition) is 3. The van der Waals surface area contributed by atoms with Gasteiger partial charge in [0.05, 0.1) is 13.0 Å². The number of amides is 1. The SMILES string of the molecule is CN(CCC(=O)O)CC(=O)N1CCCCC1. The van der Waals surface area contributed by atoms with Crippen molar-refractivity contribution in [1.82, 2.24) is 9.80 Å². The van der Waals surface area contributed by atoms with Gasteiger partial charge in [0.15, 0.2) is 0 Å². The molecular weight excluding hydrogens is 208 g/mol. The van der Waals surface area contributed by atoms with Crippen LogP contribution in [-0.4, -0.2) is 60.0 Å². The first kappa shape index (κ1) is 13.0. The molecule has 0 aromatic rings. The van der Waals surface area contributed by atoms with Crippen molar-refractivity contribution in [3.8, 4) is 0 Å². The summed E-state index contributed by atoms with van der Waals surface area (Å²) in [6.45, 7) is 2.46. The molecule has 0 radical (unpaired) electrons. The number of carboxylic acid groups (broad SMARTS) is 1. The van der Waals surface area contributed by atoms with Crippen LogP contribution >= 0.6 is 0 Å². The van der Waals surface area contributed by atoms with E-state index in [-0.39, 0.29) is 12.3 Å². The summed E-state index contributed by atoms with van der Waals surface area (Å²) in [5, 5.41) is 8.52. The predicted molar refractivity (Wildman–Crippen MR) is 60.2 cm³/mol. The van der Waals surface area contributed by atoms with Gasteiger partial charge in [-0.15, -0.1) is 0 Å². The van der Waals surface area contributed by atoms with Crippen molar-refractivity contribution in [2.24, 2.45) is 0 Å². The lowest BCUT2D eigenvalue weighted by atomic mass is 10.1. The third kappa shape index (κ3) is 4.61. The molecule has 0 saturated carbocycles. The van der Waals surface area contributed by atoms with Crippen molar-refractivity contribution in [2.45, 2.75) is 25.7 Å². The molecule has 0 aliphatic carbocycles. The smallest absolute Gasteiger partial charge is 0.304 e. The second-order valence-corrected chi connectivity index (χ2v) is 4.32. The zero-order valence-electron chi connectivity index (χ0n) is 9.81. The summed E-state index contributed by atoms with van der Waals surface area (Å²) in [5.74, 6) is -0.704. The molecule has 5 nitrogen and oxygen atoms in total. The van der Waals surface area contributed by atoms with Gasteiger partial charge in [-0.1, -0.05) is 0 Å². The Morgan fingerprint density at radius 3 is 2.44 bits per heavy atom. The van der Waals surface area contributed by atoms with Gasteiger partial charge in [-0.2, -0.15) is 0 Å². The highest BCUT2D eigenvalue weighted by molar-refractivity contribution is 5.78. The number of hydrogen-bond donors (Lipinski definition) is 1. The van der Waals surface area contributed by atoms with E-state index in [1.54, 1.807) is 11.9 Å². The highest BCUT2D eigenvalue weighted by atomic mass is 16.4. The van der Waals surface area contributed by atoms with Crippen LogP contribution in [0.4, 0.5) is 0 Å². The van der Waals surface area contributed by atoms with Crippen molar-refractivity contribution in [1.29, 1.82) is 0 Å². The minimum absolute atomic E-state index is 0.0871. The number of carbonyl (C=O) groups is 2. The van der Waals surface area contributed by atoms with Gasteiger partial charge < -0.3 is 10.0 Å². The third-order valence-electron chi connectivity index (χ3n) is 2.82. The van der Waals surface area contributed by atoms with E-state index in [9.17, 15) is 9.59 Å². The van der Waals surface area contributed by atoms with E-state index >= 15 is 0 Å². The summed E-state index contributed by atoms with van der Waals surface area (Å²) in [4.78, 5) is 25.8. The molecule has 1 heterocycles. The molecule has 1 amide bonds. The summed E-state index contributed by atoms with van der Waals surface area (Å²) < 4.78 is 0. The van der Waals surface area contributed by atoms with Gasteiger partial charge in [-0.3, -0.25) is 14.5 Å². The average Bonchev–Trinajstić information content (AvgIpc) is 2.27. The molecule has 1 aliphatic heterocycles. The number of rotatable bonds is 5. The molecule has 0 aromatic heterocycles. The minimum atomic E-state index is -0.822.